The van der Waals surface area contributed by atoms with Gasteiger partial charge in [0.1, 0.15) is 40.8 Å². The molecule has 1 fully saturated rings. The Kier molecular flexibility index (Phi) is 6.10. The summed E-state index contributed by atoms with van der Waals surface area (Å²) in [6, 6.07) is 18.0. The number of fused-ring (bicyclic) bond motifs is 1. The van der Waals surface area contributed by atoms with Crippen molar-refractivity contribution in [3.63, 3.8) is 0 Å². The first kappa shape index (κ1) is 21.9. The van der Waals surface area contributed by atoms with E-state index in [4.69, 9.17) is 13.9 Å². The second-order valence-electron chi connectivity index (χ2n) is 8.29. The Hall–Kier alpha value is -3.97. The predicted octanol–water partition coefficient (Wildman–Crippen LogP) is 5.14. The van der Waals surface area contributed by atoms with Crippen LogP contribution < -0.4 is 15.1 Å². The number of phenolic OH excluding ortho intramolecular Hbond substituents is 2. The summed E-state index contributed by atoms with van der Waals surface area (Å²) in [6.45, 7) is 3.80. The number of aromatic hydroxyl groups is 2. The quantitative estimate of drug-likeness (QED) is 0.370. The molecule has 0 aliphatic carbocycles. The molecule has 0 unspecified atom stereocenters. The van der Waals surface area contributed by atoms with Crippen LogP contribution in [0.4, 0.5) is 0 Å². The van der Waals surface area contributed by atoms with Gasteiger partial charge in [-0.1, -0.05) is 12.1 Å². The van der Waals surface area contributed by atoms with Crippen molar-refractivity contribution in [2.45, 2.75) is 12.8 Å². The highest BCUT2D eigenvalue weighted by atomic mass is 16.5. The van der Waals surface area contributed by atoms with Crippen LogP contribution >= 0.6 is 0 Å². The van der Waals surface area contributed by atoms with Crippen molar-refractivity contribution in [2.24, 2.45) is 0 Å². The molecule has 1 aliphatic rings. The number of hydrogen-bond acceptors (Lipinski definition) is 7. The highest BCUT2D eigenvalue weighted by Gasteiger charge is 2.19. The molecule has 1 aromatic heterocycles. The largest absolute Gasteiger partial charge is 0.508 e. The first-order valence-electron chi connectivity index (χ1n) is 11.3. The molecule has 4 aromatic rings. The van der Waals surface area contributed by atoms with Gasteiger partial charge in [-0.05, 0) is 80.0 Å². The number of rotatable bonds is 7. The standard InChI is InChI=1S/C27H25NO6/c29-19-5-3-18(4-6-19)25-26(23-12-7-20(30)17-24(23)34-27(25)31)33-22-10-8-21(9-11-22)32-16-15-28-13-1-2-14-28/h3-12,17,29-30H,1-2,13-16H2. The summed E-state index contributed by atoms with van der Waals surface area (Å²) >= 11 is 0. The Bertz CT molecular complexity index is 1340. The lowest BCUT2D eigenvalue weighted by molar-refractivity contribution is 0.237. The van der Waals surface area contributed by atoms with Crippen LogP contribution in [0.2, 0.25) is 0 Å². The van der Waals surface area contributed by atoms with Crippen LogP contribution in [0, 0.1) is 0 Å². The smallest absolute Gasteiger partial charge is 0.348 e. The number of nitrogens with zero attached hydrogens (tertiary/aromatic N) is 1. The maximum Gasteiger partial charge on any atom is 0.348 e. The Morgan fingerprint density at radius 1 is 0.853 bits per heavy atom. The van der Waals surface area contributed by atoms with E-state index < -0.39 is 5.63 Å². The van der Waals surface area contributed by atoms with E-state index in [1.54, 1.807) is 30.3 Å². The van der Waals surface area contributed by atoms with Crippen LogP contribution in [0.1, 0.15) is 12.8 Å². The summed E-state index contributed by atoms with van der Waals surface area (Å²) in [4.78, 5) is 15.3. The lowest BCUT2D eigenvalue weighted by atomic mass is 10.0. The van der Waals surface area contributed by atoms with Crippen LogP contribution in [0.15, 0.2) is 75.9 Å². The van der Waals surface area contributed by atoms with E-state index in [2.05, 4.69) is 4.90 Å². The van der Waals surface area contributed by atoms with Gasteiger partial charge in [0.25, 0.3) is 0 Å². The minimum Gasteiger partial charge on any atom is -0.508 e. The van der Waals surface area contributed by atoms with Crippen LogP contribution in [0.3, 0.4) is 0 Å². The van der Waals surface area contributed by atoms with Gasteiger partial charge < -0.3 is 24.1 Å². The van der Waals surface area contributed by atoms with E-state index >= 15 is 0 Å². The van der Waals surface area contributed by atoms with Crippen molar-refractivity contribution in [3.05, 3.63) is 77.2 Å². The third-order valence-corrected chi connectivity index (χ3v) is 5.92. The van der Waals surface area contributed by atoms with Gasteiger partial charge in [-0.2, -0.15) is 0 Å². The zero-order valence-electron chi connectivity index (χ0n) is 18.6. The minimum absolute atomic E-state index is 0.0191. The maximum atomic E-state index is 12.9. The Labute approximate surface area is 196 Å². The summed E-state index contributed by atoms with van der Waals surface area (Å²) in [5.74, 6) is 1.63. The van der Waals surface area contributed by atoms with Crippen molar-refractivity contribution < 1.29 is 24.1 Å². The topological polar surface area (TPSA) is 92.4 Å². The summed E-state index contributed by atoms with van der Waals surface area (Å²) in [5, 5.41) is 20.0. The fourth-order valence-electron chi connectivity index (χ4n) is 4.16. The van der Waals surface area contributed by atoms with Crippen molar-refractivity contribution in [3.8, 4) is 39.9 Å². The highest BCUT2D eigenvalue weighted by Crippen LogP contribution is 2.39. The van der Waals surface area contributed by atoms with E-state index in [0.717, 1.165) is 25.4 Å². The van der Waals surface area contributed by atoms with E-state index in [1.807, 2.05) is 12.1 Å². The monoisotopic (exact) mass is 459 g/mol. The second kappa shape index (κ2) is 9.49. The molecule has 3 aromatic carbocycles. The number of hydrogen-bond donors (Lipinski definition) is 2. The first-order chi connectivity index (χ1) is 16.6. The molecule has 0 radical (unpaired) electrons. The Balaban J connectivity index is 1.44. The lowest BCUT2D eigenvalue weighted by Gasteiger charge is -2.15. The molecule has 0 amide bonds. The average Bonchev–Trinajstić information content (AvgIpc) is 3.34. The van der Waals surface area contributed by atoms with E-state index in [-0.39, 0.29) is 22.6 Å². The minimum atomic E-state index is -0.611. The molecule has 174 valence electrons. The maximum absolute atomic E-state index is 12.9. The lowest BCUT2D eigenvalue weighted by Crippen LogP contribution is -2.25. The van der Waals surface area contributed by atoms with Crippen molar-refractivity contribution in [1.29, 1.82) is 0 Å². The van der Waals surface area contributed by atoms with E-state index in [0.29, 0.717) is 29.1 Å². The number of likely N-dealkylation sites (tertiary alicyclic amines) is 1. The Morgan fingerprint density at radius 2 is 1.53 bits per heavy atom. The Morgan fingerprint density at radius 3 is 2.26 bits per heavy atom. The van der Waals surface area contributed by atoms with Crippen molar-refractivity contribution in [2.75, 3.05) is 26.2 Å². The fraction of sp³-hybridized carbons (Fsp3) is 0.222. The second-order valence-corrected chi connectivity index (χ2v) is 8.29. The number of benzene rings is 3. The molecule has 1 saturated heterocycles. The summed E-state index contributed by atoms with van der Waals surface area (Å²) in [6.07, 6.45) is 2.51. The van der Waals surface area contributed by atoms with Gasteiger partial charge in [0, 0.05) is 12.6 Å². The van der Waals surface area contributed by atoms with Crippen molar-refractivity contribution in [1.82, 2.24) is 4.90 Å². The van der Waals surface area contributed by atoms with Gasteiger partial charge >= 0.3 is 5.63 Å². The molecule has 7 heteroatoms. The fourth-order valence-corrected chi connectivity index (χ4v) is 4.16. The molecule has 34 heavy (non-hydrogen) atoms. The molecular weight excluding hydrogens is 434 g/mol. The summed E-state index contributed by atoms with van der Waals surface area (Å²) in [7, 11) is 0. The molecule has 5 rings (SSSR count). The average molecular weight is 459 g/mol. The molecular formula is C27H25NO6. The van der Waals surface area contributed by atoms with Gasteiger partial charge in [0.05, 0.1) is 5.39 Å². The van der Waals surface area contributed by atoms with Crippen LogP contribution in [0.5, 0.6) is 28.7 Å². The van der Waals surface area contributed by atoms with E-state index in [1.165, 1.54) is 37.1 Å². The zero-order chi connectivity index (χ0) is 23.5. The molecule has 0 spiro atoms. The normalized spacial score (nSPS) is 13.9. The van der Waals surface area contributed by atoms with Crippen LogP contribution in [0.25, 0.3) is 22.1 Å². The summed E-state index contributed by atoms with van der Waals surface area (Å²) < 4.78 is 17.5. The molecule has 0 atom stereocenters. The molecule has 0 saturated carbocycles. The molecule has 7 nitrogen and oxygen atoms in total. The zero-order valence-corrected chi connectivity index (χ0v) is 18.6. The highest BCUT2D eigenvalue weighted by molar-refractivity contribution is 5.91. The van der Waals surface area contributed by atoms with Gasteiger partial charge in [-0.25, -0.2) is 4.79 Å². The van der Waals surface area contributed by atoms with Gasteiger partial charge in [0.15, 0.2) is 5.75 Å². The molecule has 2 N–H and O–H groups in total. The number of phenols is 2. The first-order valence-corrected chi connectivity index (χ1v) is 11.3. The van der Waals surface area contributed by atoms with E-state index in [9.17, 15) is 15.0 Å². The predicted molar refractivity (Wildman–Crippen MR) is 129 cm³/mol. The van der Waals surface area contributed by atoms with Crippen molar-refractivity contribution >= 4 is 11.0 Å². The molecule has 2 heterocycles. The van der Waals surface area contributed by atoms with Gasteiger partial charge in [-0.15, -0.1) is 0 Å². The summed E-state index contributed by atoms with van der Waals surface area (Å²) in [5.41, 5.74) is 0.368. The van der Waals surface area contributed by atoms with Gasteiger partial charge in [0.2, 0.25) is 0 Å². The number of ether oxygens (including phenoxy) is 2. The third kappa shape index (κ3) is 4.70. The SMILES string of the molecule is O=c1oc2cc(O)ccc2c(Oc2ccc(OCCN3CCCC3)cc2)c1-c1ccc(O)cc1. The molecule has 0 bridgehead atoms. The van der Waals surface area contributed by atoms with Gasteiger partial charge in [-0.3, -0.25) is 4.90 Å². The third-order valence-electron chi connectivity index (χ3n) is 5.92. The van der Waals surface area contributed by atoms with Crippen LogP contribution in [-0.2, 0) is 0 Å². The molecule has 1 aliphatic heterocycles. The van der Waals surface area contributed by atoms with Crippen LogP contribution in [-0.4, -0.2) is 41.4 Å².